The summed E-state index contributed by atoms with van der Waals surface area (Å²) in [6.07, 6.45) is 0. The van der Waals surface area contributed by atoms with Gasteiger partial charge in [0.1, 0.15) is 5.00 Å². The normalized spacial score (nSPS) is 11.1. The van der Waals surface area contributed by atoms with E-state index in [1.807, 2.05) is 23.6 Å². The third kappa shape index (κ3) is 4.43. The minimum Gasteiger partial charge on any atom is -0.462 e. The topological polar surface area (TPSA) is 85.6 Å². The monoisotopic (exact) mass is 486 g/mol. The van der Waals surface area contributed by atoms with Gasteiger partial charge in [0.2, 0.25) is 10.9 Å². The number of carbonyl (C=O) groups excluding carboxylic acids is 2. The average molecular weight is 487 g/mol. The number of fused-ring (bicyclic) bond motifs is 1. The minimum atomic E-state index is -0.419. The van der Waals surface area contributed by atoms with Crippen LogP contribution in [-0.4, -0.2) is 38.8 Å². The Balaban J connectivity index is 1.51. The summed E-state index contributed by atoms with van der Waals surface area (Å²) in [5.41, 5.74) is 4.51. The smallest absolute Gasteiger partial charge is 0.341 e. The van der Waals surface area contributed by atoms with Crippen LogP contribution >= 0.6 is 34.4 Å². The van der Waals surface area contributed by atoms with Gasteiger partial charge in [-0.1, -0.05) is 41.6 Å². The van der Waals surface area contributed by atoms with E-state index in [-0.39, 0.29) is 18.3 Å². The number of nitrogens with zero attached hydrogens (tertiary/aromatic N) is 3. The molecule has 0 spiro atoms. The third-order valence-electron chi connectivity index (χ3n) is 4.92. The number of amides is 1. The quantitative estimate of drug-likeness (QED) is 0.280. The molecule has 3 aromatic heterocycles. The standard InChI is InChI=1S/C22H22N4O3S3/c1-5-29-20(28)18-13(3)14(4)32-19(18)23-17(27)11-31-22-25-24-21-26(22)16(10-30-21)15-8-6-12(2)7-9-15/h6-10H,5,11H2,1-4H3,(H,23,27). The molecule has 166 valence electrons. The zero-order valence-electron chi connectivity index (χ0n) is 18.1. The number of esters is 1. The van der Waals surface area contributed by atoms with E-state index in [1.165, 1.54) is 40.0 Å². The van der Waals surface area contributed by atoms with Gasteiger partial charge >= 0.3 is 5.97 Å². The fourth-order valence-electron chi connectivity index (χ4n) is 3.17. The number of aromatic nitrogens is 3. The maximum absolute atomic E-state index is 12.7. The summed E-state index contributed by atoms with van der Waals surface area (Å²) in [5, 5.41) is 14.6. The number of benzene rings is 1. The Morgan fingerprint density at radius 2 is 1.91 bits per heavy atom. The van der Waals surface area contributed by atoms with Crippen molar-refractivity contribution in [3.05, 3.63) is 51.2 Å². The summed E-state index contributed by atoms with van der Waals surface area (Å²) in [6, 6.07) is 8.26. The number of nitrogens with one attached hydrogen (secondary N) is 1. The van der Waals surface area contributed by atoms with Crippen molar-refractivity contribution < 1.29 is 14.3 Å². The highest BCUT2D eigenvalue weighted by atomic mass is 32.2. The highest BCUT2D eigenvalue weighted by molar-refractivity contribution is 7.99. The summed E-state index contributed by atoms with van der Waals surface area (Å²) in [4.78, 5) is 26.8. The Bertz CT molecular complexity index is 1290. The lowest BCUT2D eigenvalue weighted by molar-refractivity contribution is -0.113. The van der Waals surface area contributed by atoms with Gasteiger partial charge in [0.25, 0.3) is 0 Å². The van der Waals surface area contributed by atoms with E-state index in [9.17, 15) is 9.59 Å². The fourth-order valence-corrected chi connectivity index (χ4v) is 5.88. The van der Waals surface area contributed by atoms with Gasteiger partial charge in [0, 0.05) is 10.3 Å². The predicted octanol–water partition coefficient (Wildman–Crippen LogP) is 5.35. The molecule has 0 saturated heterocycles. The van der Waals surface area contributed by atoms with Gasteiger partial charge in [-0.05, 0) is 38.8 Å². The van der Waals surface area contributed by atoms with Crippen LogP contribution < -0.4 is 5.32 Å². The second kappa shape index (κ2) is 9.43. The summed E-state index contributed by atoms with van der Waals surface area (Å²) in [7, 11) is 0. The number of aryl methyl sites for hydroxylation is 2. The van der Waals surface area contributed by atoms with Gasteiger partial charge in [-0.2, -0.15) is 0 Å². The fraction of sp³-hybridized carbons (Fsp3) is 0.273. The molecule has 32 heavy (non-hydrogen) atoms. The molecule has 4 aromatic rings. The van der Waals surface area contributed by atoms with Crippen molar-refractivity contribution in [2.45, 2.75) is 32.9 Å². The molecule has 1 amide bonds. The lowest BCUT2D eigenvalue weighted by atomic mass is 10.1. The van der Waals surface area contributed by atoms with Crippen LogP contribution in [0.25, 0.3) is 16.2 Å². The number of thiazole rings is 1. The predicted molar refractivity (Wildman–Crippen MR) is 130 cm³/mol. The number of ether oxygens (including phenoxy) is 1. The Hall–Kier alpha value is -2.69. The van der Waals surface area contributed by atoms with Crippen LogP contribution in [0.15, 0.2) is 34.8 Å². The number of hydrogen-bond acceptors (Lipinski definition) is 8. The first kappa shape index (κ1) is 22.5. The van der Waals surface area contributed by atoms with E-state index in [2.05, 4.69) is 46.7 Å². The molecule has 0 aliphatic rings. The molecule has 0 radical (unpaired) electrons. The lowest BCUT2D eigenvalue weighted by Crippen LogP contribution is -2.16. The molecule has 0 aliphatic heterocycles. The molecule has 0 atom stereocenters. The zero-order chi connectivity index (χ0) is 22.8. The second-order valence-corrected chi connectivity index (χ2v) is 10.1. The highest BCUT2D eigenvalue weighted by Gasteiger charge is 2.22. The molecule has 0 unspecified atom stereocenters. The first-order valence-corrected chi connectivity index (χ1v) is 12.7. The van der Waals surface area contributed by atoms with E-state index < -0.39 is 5.97 Å². The Morgan fingerprint density at radius 3 is 2.62 bits per heavy atom. The van der Waals surface area contributed by atoms with Gasteiger partial charge in [-0.25, -0.2) is 4.79 Å². The van der Waals surface area contributed by atoms with Crippen molar-refractivity contribution in [1.82, 2.24) is 14.6 Å². The number of rotatable bonds is 7. The number of thiophene rings is 1. The van der Waals surface area contributed by atoms with E-state index >= 15 is 0 Å². The zero-order valence-corrected chi connectivity index (χ0v) is 20.5. The van der Waals surface area contributed by atoms with Gasteiger partial charge in [-0.3, -0.25) is 9.20 Å². The van der Waals surface area contributed by atoms with Crippen LogP contribution in [0.4, 0.5) is 5.00 Å². The molecule has 10 heteroatoms. The summed E-state index contributed by atoms with van der Waals surface area (Å²) in [5.74, 6) is -0.495. The molecule has 7 nitrogen and oxygen atoms in total. The van der Waals surface area contributed by atoms with Crippen LogP contribution in [0.2, 0.25) is 0 Å². The van der Waals surface area contributed by atoms with Crippen LogP contribution in [0.1, 0.15) is 33.3 Å². The maximum atomic E-state index is 12.7. The average Bonchev–Trinajstić information content (AvgIpc) is 3.42. The van der Waals surface area contributed by atoms with E-state index in [0.717, 1.165) is 26.7 Å². The first-order valence-electron chi connectivity index (χ1n) is 9.98. The van der Waals surface area contributed by atoms with Gasteiger partial charge < -0.3 is 10.1 Å². The summed E-state index contributed by atoms with van der Waals surface area (Å²) >= 11 is 4.20. The first-order chi connectivity index (χ1) is 15.4. The summed E-state index contributed by atoms with van der Waals surface area (Å²) < 4.78 is 7.12. The molecule has 0 bridgehead atoms. The van der Waals surface area contributed by atoms with Crippen LogP contribution in [0.5, 0.6) is 0 Å². The van der Waals surface area contributed by atoms with Gasteiger partial charge in [0.15, 0.2) is 5.16 Å². The van der Waals surface area contributed by atoms with Crippen molar-refractivity contribution in [1.29, 1.82) is 0 Å². The number of carbonyl (C=O) groups is 2. The molecule has 3 heterocycles. The van der Waals surface area contributed by atoms with Crippen molar-refractivity contribution in [2.75, 3.05) is 17.7 Å². The third-order valence-corrected chi connectivity index (χ3v) is 7.79. The Kier molecular flexibility index (Phi) is 6.63. The van der Waals surface area contributed by atoms with Gasteiger partial charge in [0.05, 0.1) is 23.6 Å². The molecular weight excluding hydrogens is 464 g/mol. The minimum absolute atomic E-state index is 0.141. The highest BCUT2D eigenvalue weighted by Crippen LogP contribution is 2.34. The second-order valence-electron chi connectivity index (χ2n) is 7.13. The molecular formula is C22H22N4O3S3. The van der Waals surface area contributed by atoms with Crippen molar-refractivity contribution in [3.63, 3.8) is 0 Å². The van der Waals surface area contributed by atoms with E-state index in [1.54, 1.807) is 6.92 Å². The van der Waals surface area contributed by atoms with E-state index in [0.29, 0.717) is 15.7 Å². The number of anilines is 1. The van der Waals surface area contributed by atoms with Crippen LogP contribution in [0.3, 0.4) is 0 Å². The number of thioether (sulfide) groups is 1. The lowest BCUT2D eigenvalue weighted by Gasteiger charge is -2.07. The molecule has 4 rings (SSSR count). The number of hydrogen-bond donors (Lipinski definition) is 1. The SMILES string of the molecule is CCOC(=O)c1c(NC(=O)CSc2nnc3scc(-c4ccc(C)cc4)n23)sc(C)c1C. The largest absolute Gasteiger partial charge is 0.462 e. The van der Waals surface area contributed by atoms with E-state index in [4.69, 9.17) is 4.74 Å². The molecule has 0 fully saturated rings. The van der Waals surface area contributed by atoms with Crippen molar-refractivity contribution in [2.24, 2.45) is 0 Å². The Morgan fingerprint density at radius 1 is 1.16 bits per heavy atom. The summed E-state index contributed by atoms with van der Waals surface area (Å²) in [6.45, 7) is 7.87. The van der Waals surface area contributed by atoms with Gasteiger partial charge in [-0.15, -0.1) is 32.9 Å². The van der Waals surface area contributed by atoms with Crippen LogP contribution in [-0.2, 0) is 9.53 Å². The van der Waals surface area contributed by atoms with Crippen molar-refractivity contribution in [3.8, 4) is 11.3 Å². The molecule has 1 aromatic carbocycles. The maximum Gasteiger partial charge on any atom is 0.341 e. The Labute approximate surface area is 197 Å². The van der Waals surface area contributed by atoms with Crippen LogP contribution in [0, 0.1) is 20.8 Å². The molecule has 0 saturated carbocycles. The molecule has 1 N–H and O–H groups in total. The molecule has 0 aliphatic carbocycles. The van der Waals surface area contributed by atoms with Crippen molar-refractivity contribution >= 4 is 56.3 Å².